The van der Waals surface area contributed by atoms with Gasteiger partial charge in [0.2, 0.25) is 5.91 Å². The van der Waals surface area contributed by atoms with Gasteiger partial charge >= 0.3 is 0 Å². The van der Waals surface area contributed by atoms with Crippen molar-refractivity contribution in [2.75, 3.05) is 26.2 Å². The molecular weight excluding hydrogens is 344 g/mol. The number of carboxylic acid groups (broad SMARTS) is 1. The van der Waals surface area contributed by atoms with Crippen LogP contribution in [-0.2, 0) is 16.0 Å². The van der Waals surface area contributed by atoms with Crippen molar-refractivity contribution in [2.24, 2.45) is 11.8 Å². The van der Waals surface area contributed by atoms with E-state index in [0.29, 0.717) is 24.3 Å². The molecule has 1 aromatic rings. The number of likely N-dealkylation sites (tertiary alicyclic amines) is 1. The maximum atomic E-state index is 12.4. The summed E-state index contributed by atoms with van der Waals surface area (Å²) in [4.78, 5) is 25.4. The van der Waals surface area contributed by atoms with E-state index in [1.165, 1.54) is 12.0 Å². The second-order valence-electron chi connectivity index (χ2n) is 7.87. The van der Waals surface area contributed by atoms with Crippen molar-refractivity contribution in [3.05, 3.63) is 35.9 Å². The Bertz CT molecular complexity index is 610. The molecule has 27 heavy (non-hydrogen) atoms. The quantitative estimate of drug-likeness (QED) is 0.783. The third-order valence-electron chi connectivity index (χ3n) is 6.32. The minimum absolute atomic E-state index is 0.0403. The molecule has 0 spiro atoms. The van der Waals surface area contributed by atoms with Crippen LogP contribution < -0.4 is 0 Å². The lowest BCUT2D eigenvalue weighted by atomic mass is 9.72. The molecule has 148 valence electrons. The third kappa shape index (κ3) is 4.50. The molecule has 6 heteroatoms. The van der Waals surface area contributed by atoms with Crippen LogP contribution in [-0.4, -0.2) is 70.7 Å². The van der Waals surface area contributed by atoms with Crippen LogP contribution in [0.5, 0.6) is 0 Å². The summed E-state index contributed by atoms with van der Waals surface area (Å²) in [6.45, 7) is 3.07. The van der Waals surface area contributed by atoms with Crippen molar-refractivity contribution >= 4 is 12.4 Å². The molecule has 0 aromatic heterocycles. The fourth-order valence-electron chi connectivity index (χ4n) is 5.22. The van der Waals surface area contributed by atoms with Crippen molar-refractivity contribution < 1.29 is 19.8 Å². The number of nitrogens with zero attached hydrogens (tertiary/aromatic N) is 2. The minimum Gasteiger partial charge on any atom is -0.483 e. The number of rotatable bonds is 4. The number of aliphatic hydroxyl groups excluding tert-OH is 1. The molecule has 0 saturated carbocycles. The molecule has 0 radical (unpaired) electrons. The van der Waals surface area contributed by atoms with E-state index in [2.05, 4.69) is 40.1 Å². The van der Waals surface area contributed by atoms with Crippen molar-refractivity contribution in [1.82, 2.24) is 9.80 Å². The van der Waals surface area contributed by atoms with Crippen LogP contribution in [0.3, 0.4) is 0 Å². The Morgan fingerprint density at radius 1 is 1.15 bits per heavy atom. The molecular formula is C21H30N2O4. The smallest absolute Gasteiger partial charge is 0.290 e. The molecule has 1 aromatic carbocycles. The van der Waals surface area contributed by atoms with Crippen LogP contribution in [0.4, 0.5) is 0 Å². The Hall–Kier alpha value is -1.92. The Morgan fingerprint density at radius 2 is 1.85 bits per heavy atom. The summed E-state index contributed by atoms with van der Waals surface area (Å²) in [6.07, 6.45) is 5.07. The van der Waals surface area contributed by atoms with Gasteiger partial charge < -0.3 is 20.0 Å². The number of aliphatic hydroxyl groups is 1. The normalized spacial score (nSPS) is 30.1. The van der Waals surface area contributed by atoms with Gasteiger partial charge in [-0.25, -0.2) is 0 Å². The molecule has 0 unspecified atom stereocenters. The highest BCUT2D eigenvalue weighted by Gasteiger charge is 2.48. The van der Waals surface area contributed by atoms with Crippen LogP contribution in [0.15, 0.2) is 30.3 Å². The van der Waals surface area contributed by atoms with Crippen LogP contribution in [0.2, 0.25) is 0 Å². The van der Waals surface area contributed by atoms with E-state index in [1.54, 1.807) is 0 Å². The van der Waals surface area contributed by atoms with E-state index in [0.717, 1.165) is 38.9 Å². The highest BCUT2D eigenvalue weighted by molar-refractivity contribution is 5.78. The molecule has 4 rings (SSSR count). The summed E-state index contributed by atoms with van der Waals surface area (Å²) in [7, 11) is 0. The van der Waals surface area contributed by atoms with Gasteiger partial charge in [-0.15, -0.1) is 0 Å². The Morgan fingerprint density at radius 3 is 2.56 bits per heavy atom. The van der Waals surface area contributed by atoms with Gasteiger partial charge in [0.05, 0.1) is 12.6 Å². The van der Waals surface area contributed by atoms with Gasteiger partial charge in [0.25, 0.3) is 6.47 Å². The molecule has 2 bridgehead atoms. The van der Waals surface area contributed by atoms with Crippen molar-refractivity contribution in [2.45, 2.75) is 44.2 Å². The summed E-state index contributed by atoms with van der Waals surface area (Å²) in [5.41, 5.74) is 1.39. The average molecular weight is 374 g/mol. The number of piperidine rings is 3. The van der Waals surface area contributed by atoms with E-state index in [4.69, 9.17) is 9.90 Å². The first-order chi connectivity index (χ1) is 13.2. The van der Waals surface area contributed by atoms with Gasteiger partial charge in [-0.3, -0.25) is 9.59 Å². The van der Waals surface area contributed by atoms with Crippen LogP contribution >= 0.6 is 0 Å². The highest BCUT2D eigenvalue weighted by atomic mass is 16.3. The predicted octanol–water partition coefficient (Wildman–Crippen LogP) is 1.62. The first-order valence-corrected chi connectivity index (χ1v) is 9.94. The Kier molecular flexibility index (Phi) is 6.85. The zero-order valence-corrected chi connectivity index (χ0v) is 15.7. The first kappa shape index (κ1) is 19.8. The van der Waals surface area contributed by atoms with E-state index in [9.17, 15) is 9.90 Å². The number of hydrogen-bond acceptors (Lipinski definition) is 4. The maximum absolute atomic E-state index is 12.4. The molecule has 4 atom stereocenters. The summed E-state index contributed by atoms with van der Waals surface area (Å²) in [5, 5.41) is 16.8. The lowest BCUT2D eigenvalue weighted by molar-refractivity contribution is -0.155. The summed E-state index contributed by atoms with van der Waals surface area (Å²) >= 11 is 0. The van der Waals surface area contributed by atoms with Gasteiger partial charge in [-0.2, -0.15) is 0 Å². The SMILES string of the molecule is O=C1CCC[C@H]2[C@@H]3C[C@@H](CN(CCc4ccccc4)C3)[C@H](CO)N12.O=CO. The zero-order chi connectivity index (χ0) is 19.2. The Labute approximate surface area is 160 Å². The molecule has 0 aliphatic carbocycles. The predicted molar refractivity (Wildman–Crippen MR) is 102 cm³/mol. The Balaban J connectivity index is 0.000000659. The van der Waals surface area contributed by atoms with Crippen LogP contribution in [0.25, 0.3) is 0 Å². The maximum Gasteiger partial charge on any atom is 0.290 e. The van der Waals surface area contributed by atoms with Gasteiger partial charge in [0.15, 0.2) is 0 Å². The van der Waals surface area contributed by atoms with E-state index >= 15 is 0 Å². The van der Waals surface area contributed by atoms with Gasteiger partial charge in [0.1, 0.15) is 0 Å². The lowest BCUT2D eigenvalue weighted by Gasteiger charge is -2.56. The number of benzene rings is 1. The monoisotopic (exact) mass is 374 g/mol. The zero-order valence-electron chi connectivity index (χ0n) is 15.7. The number of hydrogen-bond donors (Lipinski definition) is 2. The molecule has 6 nitrogen and oxygen atoms in total. The molecule has 2 N–H and O–H groups in total. The number of amides is 1. The lowest BCUT2D eigenvalue weighted by Crippen LogP contribution is -2.66. The van der Waals surface area contributed by atoms with Crippen molar-refractivity contribution in [1.29, 1.82) is 0 Å². The van der Waals surface area contributed by atoms with E-state index < -0.39 is 0 Å². The largest absolute Gasteiger partial charge is 0.483 e. The molecule has 3 fully saturated rings. The van der Waals surface area contributed by atoms with Crippen molar-refractivity contribution in [3.63, 3.8) is 0 Å². The molecule has 1 amide bonds. The molecule has 3 heterocycles. The van der Waals surface area contributed by atoms with Gasteiger partial charge in [-0.05, 0) is 43.1 Å². The fraction of sp³-hybridized carbons (Fsp3) is 0.619. The molecule has 3 saturated heterocycles. The standard InChI is InChI=1S/C20H28N2O2.CH2O2/c23-14-19-17-11-16(18-7-4-8-20(24)22(18)19)12-21(13-17)10-9-15-5-2-1-3-6-15;2-1-3/h1-3,5-6,16-19,23H,4,7-14H2;1H,(H,2,3)/t16-,17+,18+,19+;/m1./s1. The van der Waals surface area contributed by atoms with E-state index in [-0.39, 0.29) is 25.0 Å². The van der Waals surface area contributed by atoms with Crippen molar-refractivity contribution in [3.8, 4) is 0 Å². The minimum atomic E-state index is -0.250. The first-order valence-electron chi connectivity index (χ1n) is 9.94. The second kappa shape index (κ2) is 9.33. The van der Waals surface area contributed by atoms with E-state index in [1.807, 2.05) is 0 Å². The van der Waals surface area contributed by atoms with Gasteiger partial charge in [-0.1, -0.05) is 30.3 Å². The average Bonchev–Trinajstić information content (AvgIpc) is 2.69. The van der Waals surface area contributed by atoms with Crippen LogP contribution in [0.1, 0.15) is 31.2 Å². The molecule has 3 aliphatic rings. The topological polar surface area (TPSA) is 81.1 Å². The summed E-state index contributed by atoms with van der Waals surface area (Å²) < 4.78 is 0. The molecule has 3 aliphatic heterocycles. The number of fused-ring (bicyclic) bond motifs is 4. The summed E-state index contributed by atoms with van der Waals surface area (Å²) in [6, 6.07) is 11.1. The second-order valence-corrected chi connectivity index (χ2v) is 7.87. The van der Waals surface area contributed by atoms with Gasteiger partial charge in [0, 0.05) is 32.1 Å². The summed E-state index contributed by atoms with van der Waals surface area (Å²) in [5.74, 6) is 1.30. The fourth-order valence-corrected chi connectivity index (χ4v) is 5.22. The number of carbonyl (C=O) groups is 2. The highest BCUT2D eigenvalue weighted by Crippen LogP contribution is 2.41. The third-order valence-corrected chi connectivity index (χ3v) is 6.32. The number of carbonyl (C=O) groups excluding carboxylic acids is 1. The van der Waals surface area contributed by atoms with Crippen LogP contribution in [0, 0.1) is 11.8 Å².